The third kappa shape index (κ3) is 2.78. The molecule has 8 heavy (non-hydrogen) atoms. The fraction of sp³-hybridized carbons (Fsp3) is 0.857. The number of rotatable bonds is 3. The maximum absolute atomic E-state index is 3.95. The van der Waals surface area contributed by atoms with Gasteiger partial charge in [-0.1, -0.05) is 13.8 Å². The van der Waals surface area contributed by atoms with E-state index in [1.807, 2.05) is 13.3 Å². The van der Waals surface area contributed by atoms with Gasteiger partial charge in [-0.3, -0.25) is 0 Å². The average Bonchev–Trinajstić information content (AvgIpc) is 1.83. The van der Waals surface area contributed by atoms with Crippen LogP contribution in [0.5, 0.6) is 0 Å². The van der Waals surface area contributed by atoms with Crippen LogP contribution in [0.25, 0.3) is 0 Å². The fourth-order valence-corrected chi connectivity index (χ4v) is 0.710. The van der Waals surface area contributed by atoms with Crippen molar-refractivity contribution < 1.29 is 0 Å². The zero-order valence-electron chi connectivity index (χ0n) is 6.02. The van der Waals surface area contributed by atoms with E-state index in [1.54, 1.807) is 0 Å². The molecule has 1 heteroatoms. The largest absolute Gasteiger partial charge is 0.301 e. The van der Waals surface area contributed by atoms with Crippen LogP contribution < -0.4 is 0 Å². The lowest BCUT2D eigenvalue weighted by molar-refractivity contribution is 0.654. The Morgan fingerprint density at radius 2 is 1.88 bits per heavy atom. The molecule has 0 N–H and O–H groups in total. The van der Waals surface area contributed by atoms with Crippen LogP contribution in [0.4, 0.5) is 0 Å². The van der Waals surface area contributed by atoms with Gasteiger partial charge in [-0.2, -0.15) is 0 Å². The first kappa shape index (κ1) is 7.67. The Morgan fingerprint density at radius 1 is 1.38 bits per heavy atom. The van der Waals surface area contributed by atoms with Gasteiger partial charge < -0.3 is 4.99 Å². The molecule has 0 amide bonds. The third-order valence-electron chi connectivity index (χ3n) is 1.41. The van der Waals surface area contributed by atoms with Crippen molar-refractivity contribution in [1.82, 2.24) is 0 Å². The number of aliphatic imine (C=N–C) groups is 1. The maximum atomic E-state index is 3.95. The molecule has 0 saturated heterocycles. The molecule has 0 atom stereocenters. The Balaban J connectivity index is 3.36. The molecule has 0 unspecified atom stereocenters. The first-order valence-electron chi connectivity index (χ1n) is 3.27. The molecule has 0 rings (SSSR count). The summed E-state index contributed by atoms with van der Waals surface area (Å²) in [5.41, 5.74) is 0. The Labute approximate surface area is 51.8 Å². The van der Waals surface area contributed by atoms with Gasteiger partial charge >= 0.3 is 0 Å². The second kappa shape index (κ2) is 4.82. The Bertz CT molecular complexity index is 62.8. The quantitative estimate of drug-likeness (QED) is 0.497. The van der Waals surface area contributed by atoms with Gasteiger partial charge in [-0.25, -0.2) is 0 Å². The summed E-state index contributed by atoms with van der Waals surface area (Å²) in [6, 6.07) is 0. The van der Waals surface area contributed by atoms with E-state index >= 15 is 0 Å². The normalized spacial score (nSPS) is 11.5. The molecule has 0 aromatic carbocycles. The highest BCUT2D eigenvalue weighted by Gasteiger charge is 1.94. The van der Waals surface area contributed by atoms with Gasteiger partial charge in [0.2, 0.25) is 0 Å². The molecule has 1 nitrogen and oxygen atoms in total. The highest BCUT2D eigenvalue weighted by molar-refractivity contribution is 5.60. The molecule has 0 fully saturated rings. The van der Waals surface area contributed by atoms with E-state index in [-0.39, 0.29) is 0 Å². The number of hydrogen-bond donors (Lipinski definition) is 0. The molecular weight excluding hydrogens is 98.1 g/mol. The smallest absolute Gasteiger partial charge is 0.0273 e. The van der Waals surface area contributed by atoms with Crippen LogP contribution in [-0.2, 0) is 0 Å². The van der Waals surface area contributed by atoms with Gasteiger partial charge in [0.15, 0.2) is 0 Å². The van der Waals surface area contributed by atoms with Crippen LogP contribution in [0, 0.1) is 5.92 Å². The molecule has 0 radical (unpaired) electrons. The van der Waals surface area contributed by atoms with Gasteiger partial charge in [0.05, 0.1) is 0 Å². The van der Waals surface area contributed by atoms with E-state index < -0.39 is 0 Å². The monoisotopic (exact) mass is 113 g/mol. The molecule has 0 aliphatic carbocycles. The summed E-state index contributed by atoms with van der Waals surface area (Å²) >= 11 is 0. The minimum absolute atomic E-state index is 0.708. The highest BCUT2D eigenvalue weighted by Crippen LogP contribution is 2.02. The van der Waals surface area contributed by atoms with Gasteiger partial charge in [-0.05, 0) is 18.8 Å². The highest BCUT2D eigenvalue weighted by atomic mass is 14.6. The van der Waals surface area contributed by atoms with Gasteiger partial charge in [-0.15, -0.1) is 0 Å². The van der Waals surface area contributed by atoms with Crippen LogP contribution in [0.1, 0.15) is 26.7 Å². The minimum atomic E-state index is 0.708. The van der Waals surface area contributed by atoms with Gasteiger partial charge in [0.1, 0.15) is 0 Å². The van der Waals surface area contributed by atoms with E-state index in [1.165, 1.54) is 12.8 Å². The fourth-order valence-electron chi connectivity index (χ4n) is 0.710. The molecule has 0 bridgehead atoms. The van der Waals surface area contributed by atoms with E-state index in [4.69, 9.17) is 0 Å². The van der Waals surface area contributed by atoms with Crippen molar-refractivity contribution >= 4 is 6.21 Å². The zero-order chi connectivity index (χ0) is 6.41. The molecule has 0 spiro atoms. The number of nitrogens with zero attached hydrogens (tertiary/aromatic N) is 1. The predicted molar refractivity (Wildman–Crippen MR) is 38.5 cm³/mol. The van der Waals surface area contributed by atoms with Crippen molar-refractivity contribution in [2.45, 2.75) is 26.7 Å². The molecular formula is C7H15N. The van der Waals surface area contributed by atoms with Gasteiger partial charge in [0.25, 0.3) is 0 Å². The summed E-state index contributed by atoms with van der Waals surface area (Å²) in [7, 11) is 1.83. The van der Waals surface area contributed by atoms with E-state index in [0.717, 1.165) is 0 Å². The Kier molecular flexibility index (Phi) is 4.62. The molecule has 48 valence electrons. The zero-order valence-corrected chi connectivity index (χ0v) is 6.02. The van der Waals surface area contributed by atoms with Crippen LogP contribution in [0.2, 0.25) is 0 Å². The van der Waals surface area contributed by atoms with Crippen molar-refractivity contribution in [2.24, 2.45) is 10.9 Å². The van der Waals surface area contributed by atoms with Crippen molar-refractivity contribution in [3.05, 3.63) is 0 Å². The van der Waals surface area contributed by atoms with Crippen LogP contribution in [-0.4, -0.2) is 13.3 Å². The summed E-state index contributed by atoms with van der Waals surface area (Å²) in [6.45, 7) is 4.38. The van der Waals surface area contributed by atoms with E-state index in [0.29, 0.717) is 5.92 Å². The second-order valence-electron chi connectivity index (χ2n) is 1.98. The lowest BCUT2D eigenvalue weighted by atomic mass is 10.1. The molecule has 0 aliphatic rings. The molecule has 0 aromatic heterocycles. The Morgan fingerprint density at radius 3 is 2.00 bits per heavy atom. The molecule has 0 aliphatic heterocycles. The molecule has 0 heterocycles. The third-order valence-corrected chi connectivity index (χ3v) is 1.41. The molecule has 0 saturated carbocycles. The van der Waals surface area contributed by atoms with Crippen LogP contribution in [0.3, 0.4) is 0 Å². The van der Waals surface area contributed by atoms with Gasteiger partial charge in [0, 0.05) is 13.3 Å². The van der Waals surface area contributed by atoms with E-state index in [9.17, 15) is 0 Å². The van der Waals surface area contributed by atoms with Crippen molar-refractivity contribution in [3.8, 4) is 0 Å². The topological polar surface area (TPSA) is 12.4 Å². The number of hydrogen-bond acceptors (Lipinski definition) is 1. The van der Waals surface area contributed by atoms with Crippen LogP contribution >= 0.6 is 0 Å². The van der Waals surface area contributed by atoms with Crippen molar-refractivity contribution in [2.75, 3.05) is 7.05 Å². The summed E-state index contributed by atoms with van der Waals surface area (Å²) < 4.78 is 0. The summed E-state index contributed by atoms with van der Waals surface area (Å²) in [4.78, 5) is 3.95. The summed E-state index contributed by atoms with van der Waals surface area (Å²) in [5.74, 6) is 0.708. The minimum Gasteiger partial charge on any atom is -0.301 e. The standard InChI is InChI=1S/C7H15N/c1-4-7(5-2)6-8-3/h6-7H,4-5H2,1-3H3. The van der Waals surface area contributed by atoms with Crippen molar-refractivity contribution in [3.63, 3.8) is 0 Å². The molecule has 0 aromatic rings. The summed E-state index contributed by atoms with van der Waals surface area (Å²) in [6.07, 6.45) is 4.46. The van der Waals surface area contributed by atoms with Crippen LogP contribution in [0.15, 0.2) is 4.99 Å². The lowest BCUT2D eigenvalue weighted by Gasteiger charge is -2.01. The predicted octanol–water partition coefficient (Wildman–Crippen LogP) is 2.12. The Hall–Kier alpha value is -0.330. The SMILES string of the molecule is CCC(C=NC)CC. The first-order chi connectivity index (χ1) is 3.85. The van der Waals surface area contributed by atoms with Crippen molar-refractivity contribution in [1.29, 1.82) is 0 Å². The van der Waals surface area contributed by atoms with E-state index in [2.05, 4.69) is 18.8 Å². The maximum Gasteiger partial charge on any atom is 0.0273 e. The average molecular weight is 113 g/mol. The first-order valence-corrected chi connectivity index (χ1v) is 3.27. The second-order valence-corrected chi connectivity index (χ2v) is 1.98. The lowest BCUT2D eigenvalue weighted by Crippen LogP contribution is -1.96. The summed E-state index contributed by atoms with van der Waals surface area (Å²) in [5, 5.41) is 0.